The van der Waals surface area contributed by atoms with Crippen LogP contribution in [0, 0.1) is 0 Å². The number of nitrogens with zero attached hydrogens (tertiary/aromatic N) is 10. The van der Waals surface area contributed by atoms with Gasteiger partial charge in [-0.2, -0.15) is 0 Å². The molecule has 0 spiro atoms. The molecule has 484 valence electrons. The summed E-state index contributed by atoms with van der Waals surface area (Å²) in [5.41, 5.74) is 27.8. The lowest BCUT2D eigenvalue weighted by atomic mass is 9.98. The fourth-order valence-corrected chi connectivity index (χ4v) is 14.1. The third kappa shape index (κ3) is 11.9. The van der Waals surface area contributed by atoms with E-state index in [0.29, 0.717) is 0 Å². The smallest absolute Gasteiger partial charge is 0.0972 e. The van der Waals surface area contributed by atoms with Gasteiger partial charge in [-0.15, -0.1) is 0 Å². The number of benzene rings is 10. The normalized spacial score (nSPS) is 11.5. The van der Waals surface area contributed by atoms with E-state index in [-0.39, 0.29) is 0 Å². The van der Waals surface area contributed by atoms with Crippen LogP contribution in [0.2, 0.25) is 0 Å². The quantitative estimate of drug-likeness (QED) is 0.122. The van der Waals surface area contributed by atoms with Gasteiger partial charge in [0.05, 0.1) is 89.7 Å². The van der Waals surface area contributed by atoms with Gasteiger partial charge in [0.25, 0.3) is 0 Å². The van der Waals surface area contributed by atoms with Crippen molar-refractivity contribution in [1.29, 1.82) is 0 Å². The van der Waals surface area contributed by atoms with E-state index in [1.165, 1.54) is 0 Å². The molecule has 0 aliphatic rings. The predicted octanol–water partition coefficient (Wildman–Crippen LogP) is 23.2. The minimum Gasteiger partial charge on any atom is -0.256 e. The molecule has 10 aromatic heterocycles. The molecule has 10 heteroatoms. The lowest BCUT2D eigenvalue weighted by Gasteiger charge is -2.11. The average Bonchev–Trinajstić information content (AvgIpc) is 0.796. The van der Waals surface area contributed by atoms with Gasteiger partial charge in [-0.25, -0.2) is 29.9 Å². The summed E-state index contributed by atoms with van der Waals surface area (Å²) in [6.45, 7) is 0. The molecule has 0 amide bonds. The molecule has 0 radical (unpaired) electrons. The van der Waals surface area contributed by atoms with Crippen LogP contribution in [-0.4, -0.2) is 49.8 Å². The number of pyridine rings is 10. The van der Waals surface area contributed by atoms with E-state index in [1.807, 2.05) is 91.5 Å². The zero-order valence-electron chi connectivity index (χ0n) is 56.0. The topological polar surface area (TPSA) is 129 Å². The summed E-state index contributed by atoms with van der Waals surface area (Å²) in [5.74, 6) is 0. The molecule has 0 aliphatic heterocycles. The molecule has 0 N–H and O–H groups in total. The summed E-state index contributed by atoms with van der Waals surface area (Å²) >= 11 is 0. The SMILES string of the molecule is c1ccc(-c2cc(-c3ccccn3)cc(-c3ccc4cc(-c5ccc6nc(-c7cccc(-c8ccc9ccc%10cccnc%10c9n8)c7)ccc6c5)ccc4n3)c2)nc1.c1ccc(-c2ccc3cc(-c4ccc5nc(-c6cccc(-c7ccc8ccc9cccnc9c8n7)c6)ccc5c4)ccc3n2)cc1. The second kappa shape index (κ2) is 26.1. The van der Waals surface area contributed by atoms with Crippen molar-refractivity contribution >= 4 is 87.2 Å². The van der Waals surface area contributed by atoms with Crippen LogP contribution < -0.4 is 0 Å². The lowest BCUT2D eigenvalue weighted by Crippen LogP contribution is -1.91. The Kier molecular flexibility index (Phi) is 15.3. The van der Waals surface area contributed by atoms with Crippen LogP contribution in [0.4, 0.5) is 0 Å². The zero-order chi connectivity index (χ0) is 68.9. The Labute approximate surface area is 598 Å². The summed E-state index contributed by atoms with van der Waals surface area (Å²) in [6, 6.07) is 113. The highest BCUT2D eigenvalue weighted by Gasteiger charge is 2.16. The Bertz CT molecular complexity index is 6690. The van der Waals surface area contributed by atoms with E-state index >= 15 is 0 Å². The molecule has 10 heterocycles. The molecule has 0 bridgehead atoms. The van der Waals surface area contributed by atoms with Crippen molar-refractivity contribution in [2.75, 3.05) is 0 Å². The van der Waals surface area contributed by atoms with Crippen LogP contribution in [0.25, 0.3) is 200 Å². The fraction of sp³-hybridized carbons (Fsp3) is 0. The van der Waals surface area contributed by atoms with Crippen molar-refractivity contribution in [2.24, 2.45) is 0 Å². The van der Waals surface area contributed by atoms with Gasteiger partial charge in [0, 0.05) is 112 Å². The summed E-state index contributed by atoms with van der Waals surface area (Å²) in [5, 5.41) is 8.71. The third-order valence-electron chi connectivity index (χ3n) is 19.4. The van der Waals surface area contributed by atoms with E-state index in [1.54, 1.807) is 0 Å². The summed E-state index contributed by atoms with van der Waals surface area (Å²) in [6.07, 6.45) is 7.29. The summed E-state index contributed by atoms with van der Waals surface area (Å²) in [7, 11) is 0. The second-order valence-electron chi connectivity index (χ2n) is 26.0. The van der Waals surface area contributed by atoms with Crippen LogP contribution in [0.5, 0.6) is 0 Å². The molecular weight excluding hydrogens is 1270 g/mol. The maximum absolute atomic E-state index is 5.13. The molecule has 0 aliphatic carbocycles. The number of hydrogen-bond acceptors (Lipinski definition) is 10. The maximum Gasteiger partial charge on any atom is 0.0972 e. The Morgan fingerprint density at radius 3 is 0.798 bits per heavy atom. The molecular formula is C94H58N10. The molecule has 104 heavy (non-hydrogen) atoms. The molecule has 10 nitrogen and oxygen atoms in total. The first kappa shape index (κ1) is 60.9. The minimum atomic E-state index is 0.896. The lowest BCUT2D eigenvalue weighted by molar-refractivity contribution is 1.31. The van der Waals surface area contributed by atoms with E-state index in [4.69, 9.17) is 29.9 Å². The van der Waals surface area contributed by atoms with Gasteiger partial charge in [-0.3, -0.25) is 19.9 Å². The van der Waals surface area contributed by atoms with Crippen molar-refractivity contribution in [3.05, 3.63) is 352 Å². The van der Waals surface area contributed by atoms with E-state index in [0.717, 1.165) is 200 Å². The Hall–Kier alpha value is -14.2. The van der Waals surface area contributed by atoms with Gasteiger partial charge >= 0.3 is 0 Å². The predicted molar refractivity (Wildman–Crippen MR) is 425 cm³/mol. The average molecular weight is 1330 g/mol. The molecule has 0 atom stereocenters. The maximum atomic E-state index is 5.13. The highest BCUT2D eigenvalue weighted by molar-refractivity contribution is 6.05. The van der Waals surface area contributed by atoms with E-state index in [9.17, 15) is 0 Å². The first-order chi connectivity index (χ1) is 51.4. The fourth-order valence-electron chi connectivity index (χ4n) is 14.1. The highest BCUT2D eigenvalue weighted by atomic mass is 14.8. The van der Waals surface area contributed by atoms with Crippen molar-refractivity contribution in [3.8, 4) is 112 Å². The van der Waals surface area contributed by atoms with Crippen molar-refractivity contribution in [3.63, 3.8) is 0 Å². The summed E-state index contributed by atoms with van der Waals surface area (Å²) in [4.78, 5) is 48.8. The highest BCUT2D eigenvalue weighted by Crippen LogP contribution is 2.37. The first-order valence-corrected chi connectivity index (χ1v) is 34.6. The van der Waals surface area contributed by atoms with Crippen molar-refractivity contribution in [2.45, 2.75) is 0 Å². The molecule has 10 aromatic carbocycles. The second-order valence-corrected chi connectivity index (χ2v) is 26.0. The van der Waals surface area contributed by atoms with Crippen LogP contribution in [0.15, 0.2) is 352 Å². The Morgan fingerprint density at radius 2 is 0.423 bits per heavy atom. The molecule has 0 fully saturated rings. The molecule has 20 rings (SSSR count). The number of fused-ring (bicyclic) bond motifs is 10. The van der Waals surface area contributed by atoms with Crippen LogP contribution >= 0.6 is 0 Å². The van der Waals surface area contributed by atoms with Gasteiger partial charge in [-0.05, 0) is 174 Å². The van der Waals surface area contributed by atoms with Crippen molar-refractivity contribution in [1.82, 2.24) is 49.8 Å². The zero-order valence-corrected chi connectivity index (χ0v) is 56.0. The first-order valence-electron chi connectivity index (χ1n) is 34.6. The van der Waals surface area contributed by atoms with Gasteiger partial charge in [0.1, 0.15) is 0 Å². The van der Waals surface area contributed by atoms with Gasteiger partial charge in [0.15, 0.2) is 0 Å². The number of rotatable bonds is 10. The van der Waals surface area contributed by atoms with Crippen LogP contribution in [0.3, 0.4) is 0 Å². The van der Waals surface area contributed by atoms with Crippen LogP contribution in [-0.2, 0) is 0 Å². The standard InChI is InChI=1S/C52H32N6.C42H26N4/c1-3-24-53-44(10-1)41-30-42(45-11-2-4-25-54-45)32-43(31-41)50-23-18-40-28-36(16-21-48(40)57-50)35-15-20-47-39(27-35)17-22-46(56-47)37-7-5-8-38(29-37)49-19-14-34-13-12-33-9-6-26-55-51(33)52(34)58-49;1-2-6-27(7-3-1)36-21-16-34-24-30(14-19-38(34)44-36)31-15-20-39-35(25-31)17-22-37(45-39)32-8-4-9-33(26-32)40-18-13-29-12-11-28-10-5-23-43-41(28)42(29)46-40/h1-32H;1-26H. The monoisotopic (exact) mass is 1330 g/mol. The number of aromatic nitrogens is 10. The van der Waals surface area contributed by atoms with Gasteiger partial charge < -0.3 is 0 Å². The van der Waals surface area contributed by atoms with E-state index in [2.05, 4.69) is 281 Å². The Balaban J connectivity index is 0.000000147. The van der Waals surface area contributed by atoms with Crippen molar-refractivity contribution < 1.29 is 0 Å². The molecule has 0 saturated heterocycles. The molecule has 0 unspecified atom stereocenters. The minimum absolute atomic E-state index is 0.896. The summed E-state index contributed by atoms with van der Waals surface area (Å²) < 4.78 is 0. The van der Waals surface area contributed by atoms with Crippen LogP contribution in [0.1, 0.15) is 0 Å². The molecule has 0 saturated carbocycles. The largest absolute Gasteiger partial charge is 0.256 e. The van der Waals surface area contributed by atoms with Gasteiger partial charge in [-0.1, -0.05) is 176 Å². The number of hydrogen-bond donors (Lipinski definition) is 0. The molecule has 20 aromatic rings. The third-order valence-corrected chi connectivity index (χ3v) is 19.4. The van der Waals surface area contributed by atoms with Gasteiger partial charge in [0.2, 0.25) is 0 Å². The van der Waals surface area contributed by atoms with E-state index < -0.39 is 0 Å². The Morgan fingerprint density at radius 1 is 0.135 bits per heavy atom.